The maximum atomic E-state index is 13.2. The summed E-state index contributed by atoms with van der Waals surface area (Å²) in [6.45, 7) is 6.88. The smallest absolute Gasteiger partial charge is 0.471 e. The van der Waals surface area contributed by atoms with Crippen LogP contribution in [0.15, 0.2) is 78.9 Å². The van der Waals surface area contributed by atoms with E-state index in [-0.39, 0.29) is 64.1 Å². The van der Waals surface area contributed by atoms with E-state index in [9.17, 15) is 35.9 Å². The number of ether oxygens (including phenoxy) is 3. The van der Waals surface area contributed by atoms with Gasteiger partial charge >= 0.3 is 24.2 Å². The molecule has 0 heterocycles. The first-order valence-electron chi connectivity index (χ1n) is 18.8. The Morgan fingerprint density at radius 2 is 1.05 bits per heavy atom. The molecule has 3 rings (SSSR count). The quantitative estimate of drug-likeness (QED) is 0.0422. The number of rotatable bonds is 23. The molecule has 1 unspecified atom stereocenters. The maximum absolute atomic E-state index is 13.2. The molecule has 0 radical (unpaired) electrons. The molecule has 0 bridgehead atoms. The molecule has 0 aliphatic heterocycles. The Kier molecular flexibility index (Phi) is 18.3. The minimum atomic E-state index is -5.10. The first kappa shape index (κ1) is 48.4. The molecule has 3 aromatic rings. The van der Waals surface area contributed by atoms with Gasteiger partial charge in [0.15, 0.2) is 0 Å². The second-order valence-corrected chi connectivity index (χ2v) is 15.8. The first-order chi connectivity index (χ1) is 27.3. The number of amides is 2. The average Bonchev–Trinajstić information content (AvgIpc) is 3.19. The van der Waals surface area contributed by atoms with E-state index < -0.39 is 43.7 Å². The third-order valence-corrected chi connectivity index (χ3v) is 11.5. The highest BCUT2D eigenvalue weighted by atomic mass is 31.2. The van der Waals surface area contributed by atoms with Crippen LogP contribution < -0.4 is 20.1 Å². The van der Waals surface area contributed by atoms with Crippen molar-refractivity contribution in [2.45, 2.75) is 83.4 Å². The molecule has 0 fully saturated rings. The van der Waals surface area contributed by atoms with E-state index in [2.05, 4.69) is 0 Å². The number of benzene rings is 3. The number of methoxy groups -OCH3 is 2. The fourth-order valence-electron chi connectivity index (χ4n) is 6.70. The highest BCUT2D eigenvalue weighted by molar-refractivity contribution is 7.44. The van der Waals surface area contributed by atoms with Gasteiger partial charge in [-0.25, -0.2) is 4.67 Å². The lowest BCUT2D eigenvalue weighted by Crippen LogP contribution is -2.42. The van der Waals surface area contributed by atoms with Crippen LogP contribution in [0.2, 0.25) is 0 Å². The Morgan fingerprint density at radius 3 is 1.41 bits per heavy atom. The van der Waals surface area contributed by atoms with Crippen molar-refractivity contribution < 1.29 is 59.2 Å². The van der Waals surface area contributed by atoms with Crippen molar-refractivity contribution in [1.29, 1.82) is 0 Å². The number of hydrogen-bond donors (Lipinski definition) is 2. The van der Waals surface area contributed by atoms with Crippen LogP contribution in [0.5, 0.6) is 11.5 Å². The van der Waals surface area contributed by atoms with Crippen molar-refractivity contribution in [2.75, 3.05) is 47.6 Å². The van der Waals surface area contributed by atoms with Crippen molar-refractivity contribution >= 4 is 20.3 Å². The van der Waals surface area contributed by atoms with E-state index in [1.54, 1.807) is 24.3 Å². The van der Waals surface area contributed by atoms with Gasteiger partial charge in [-0.05, 0) is 94.3 Å². The number of hydrogen-bond acceptors (Lipinski definition) is 8. The van der Waals surface area contributed by atoms with Crippen LogP contribution >= 0.6 is 8.53 Å². The molecule has 58 heavy (non-hydrogen) atoms. The lowest BCUT2D eigenvalue weighted by atomic mass is 9.77. The van der Waals surface area contributed by atoms with Crippen LogP contribution in [-0.2, 0) is 29.0 Å². The number of nitrogens with zero attached hydrogens (tertiary/aromatic N) is 1. The van der Waals surface area contributed by atoms with Gasteiger partial charge in [-0.1, -0.05) is 54.6 Å². The number of alkyl halides is 6. The Bertz CT molecular complexity index is 1610. The third kappa shape index (κ3) is 13.3. The Morgan fingerprint density at radius 1 is 0.638 bits per heavy atom. The van der Waals surface area contributed by atoms with Crippen LogP contribution in [-0.4, -0.2) is 88.6 Å². The highest BCUT2D eigenvalue weighted by Gasteiger charge is 2.44. The predicted molar refractivity (Wildman–Crippen MR) is 209 cm³/mol. The zero-order chi connectivity index (χ0) is 43.1. The van der Waals surface area contributed by atoms with E-state index in [1.165, 1.54) is 21.3 Å². The van der Waals surface area contributed by atoms with E-state index in [1.807, 2.05) is 97.6 Å². The van der Waals surface area contributed by atoms with Crippen LogP contribution in [0.1, 0.15) is 70.1 Å². The van der Waals surface area contributed by atoms with Gasteiger partial charge in [0.2, 0.25) is 0 Å². The molecule has 0 aromatic heterocycles. The molecule has 2 N–H and O–H groups in total. The normalized spacial score (nSPS) is 13.2. The van der Waals surface area contributed by atoms with Gasteiger partial charge in [0.25, 0.3) is 8.53 Å². The van der Waals surface area contributed by atoms with Gasteiger partial charge in [0, 0.05) is 37.7 Å². The van der Waals surface area contributed by atoms with Crippen molar-refractivity contribution in [3.8, 4) is 11.5 Å². The molecule has 10 nitrogen and oxygen atoms in total. The molecular formula is C41H54F6N3O7P. The summed E-state index contributed by atoms with van der Waals surface area (Å²) in [5.41, 5.74) is -0.420. The fourth-order valence-corrected chi connectivity index (χ4v) is 8.27. The number of halogens is 6. The summed E-state index contributed by atoms with van der Waals surface area (Å²) in [4.78, 5) is 23.5. The zero-order valence-electron chi connectivity index (χ0n) is 33.8. The van der Waals surface area contributed by atoms with Crippen LogP contribution in [0.3, 0.4) is 0 Å². The predicted octanol–water partition coefficient (Wildman–Crippen LogP) is 8.92. The van der Waals surface area contributed by atoms with Crippen molar-refractivity contribution in [3.05, 3.63) is 95.6 Å². The largest absolute Gasteiger partial charge is 0.497 e. The Labute approximate surface area is 337 Å². The van der Waals surface area contributed by atoms with Gasteiger partial charge in [-0.3, -0.25) is 9.59 Å². The fraction of sp³-hybridized carbons (Fsp3) is 0.512. The zero-order valence-corrected chi connectivity index (χ0v) is 34.7. The van der Waals surface area contributed by atoms with Gasteiger partial charge in [0.05, 0.1) is 27.4 Å². The minimum Gasteiger partial charge on any atom is -0.497 e. The lowest BCUT2D eigenvalue weighted by molar-refractivity contribution is -0.173. The Hall–Kier alpha value is -3.95. The van der Waals surface area contributed by atoms with E-state index in [0.29, 0.717) is 28.2 Å². The van der Waals surface area contributed by atoms with Crippen LogP contribution in [0.4, 0.5) is 26.3 Å². The second-order valence-electron chi connectivity index (χ2n) is 14.3. The van der Waals surface area contributed by atoms with Gasteiger partial charge < -0.3 is 33.9 Å². The summed E-state index contributed by atoms with van der Waals surface area (Å²) in [6.07, 6.45) is -10.0. The molecule has 2 amide bonds. The second kappa shape index (κ2) is 21.9. The molecule has 0 spiro atoms. The molecule has 0 saturated heterocycles. The van der Waals surface area contributed by atoms with Gasteiger partial charge in [-0.15, -0.1) is 0 Å². The van der Waals surface area contributed by atoms with Crippen LogP contribution in [0, 0.1) is 5.41 Å². The van der Waals surface area contributed by atoms with Crippen molar-refractivity contribution in [1.82, 2.24) is 15.3 Å². The summed E-state index contributed by atoms with van der Waals surface area (Å²) in [7, 11) is 2.85. The summed E-state index contributed by atoms with van der Waals surface area (Å²) in [6, 6.07) is 23.8. The van der Waals surface area contributed by atoms with E-state index in [0.717, 1.165) is 0 Å². The third-order valence-electron chi connectivity index (χ3n) is 9.51. The lowest BCUT2D eigenvalue weighted by Gasteiger charge is -2.42. The summed E-state index contributed by atoms with van der Waals surface area (Å²) < 4.78 is 112. The maximum Gasteiger partial charge on any atom is 0.471 e. The van der Waals surface area contributed by atoms with Crippen molar-refractivity contribution in [3.63, 3.8) is 0 Å². The summed E-state index contributed by atoms with van der Waals surface area (Å²) in [5, 5.41) is 3.82. The van der Waals surface area contributed by atoms with Crippen LogP contribution in [0.25, 0.3) is 0 Å². The molecule has 322 valence electrons. The standard InChI is InChI=1S/C41H54F6N3O7P/c1-29(2)50(30(3)4)58(55-7)57-28-38(23-11-25-48-36(51)40(42,43)44,24-12-26-49-37(52)41(45,46)47)27-56-39(31-13-9-8-10-14-31,32-15-19-34(53-5)20-16-32)33-17-21-35(54-6)22-18-33/h8-10,13-22,29-30H,11-12,23-28H2,1-7H3,(H,48,51)(H,49,52). The number of carbonyl (C=O) groups is 2. The molecular weight excluding hydrogens is 791 g/mol. The molecule has 0 aliphatic carbocycles. The summed E-state index contributed by atoms with van der Waals surface area (Å²) in [5.74, 6) is -3.04. The molecule has 1 atom stereocenters. The van der Waals surface area contributed by atoms with Gasteiger partial charge in [0.1, 0.15) is 17.1 Å². The van der Waals surface area contributed by atoms with Crippen molar-refractivity contribution in [2.24, 2.45) is 5.41 Å². The van der Waals surface area contributed by atoms with Gasteiger partial charge in [-0.2, -0.15) is 26.3 Å². The number of carbonyl (C=O) groups excluding carboxylic acids is 2. The molecule has 17 heteroatoms. The highest BCUT2D eigenvalue weighted by Crippen LogP contribution is 2.49. The van der Waals surface area contributed by atoms with E-state index in [4.69, 9.17) is 23.3 Å². The number of nitrogens with one attached hydrogen (secondary N) is 2. The topological polar surface area (TPSA) is 108 Å². The SMILES string of the molecule is COc1ccc(C(OCC(CCCNC(=O)C(F)(F)F)(CCCNC(=O)C(F)(F)F)COP(OC)N(C(C)C)C(C)C)(c2ccccc2)c2ccc(OC)cc2)cc1. The minimum absolute atomic E-state index is 0.00976. The molecule has 0 aliphatic rings. The van der Waals surface area contributed by atoms with E-state index >= 15 is 0 Å². The Balaban J connectivity index is 2.22. The average molecular weight is 846 g/mol. The summed E-state index contributed by atoms with van der Waals surface area (Å²) >= 11 is 0. The first-order valence-corrected chi connectivity index (χ1v) is 19.9. The monoisotopic (exact) mass is 845 g/mol. The molecule has 0 saturated carbocycles. The molecule has 3 aromatic carbocycles.